The minimum atomic E-state index is -0.0919. The molecule has 5 aromatic carbocycles. The normalized spacial score (nSPS) is 13.9. The van der Waals surface area contributed by atoms with Crippen molar-refractivity contribution in [3.05, 3.63) is 165 Å². The van der Waals surface area contributed by atoms with E-state index in [2.05, 4.69) is 148 Å². The molecule has 200 valence electrons. The van der Waals surface area contributed by atoms with Gasteiger partial charge in [-0.05, 0) is 94.3 Å². The average Bonchev–Trinajstić information content (AvgIpc) is 3.64. The van der Waals surface area contributed by atoms with E-state index in [-0.39, 0.29) is 5.41 Å². The molecule has 0 bridgehead atoms. The van der Waals surface area contributed by atoms with Crippen molar-refractivity contribution in [2.24, 2.45) is 5.41 Å². The second-order valence-corrected chi connectivity index (χ2v) is 12.1. The Kier molecular flexibility index (Phi) is 6.36. The summed E-state index contributed by atoms with van der Waals surface area (Å²) in [4.78, 5) is 0. The molecule has 0 saturated carbocycles. The topological polar surface area (TPSA) is 0 Å². The van der Waals surface area contributed by atoms with Crippen LogP contribution in [0.25, 0.3) is 34.4 Å². The molecule has 0 nitrogen and oxygen atoms in total. The lowest BCUT2D eigenvalue weighted by molar-refractivity contribution is 0.466. The molecular formula is C41H36. The number of hydrogen-bond acceptors (Lipinski definition) is 0. The van der Waals surface area contributed by atoms with Gasteiger partial charge in [0.2, 0.25) is 0 Å². The van der Waals surface area contributed by atoms with Crippen LogP contribution in [0.5, 0.6) is 0 Å². The Bertz CT molecular complexity index is 1720. The molecule has 0 spiro atoms. The third kappa shape index (κ3) is 4.49. The Morgan fingerprint density at radius 2 is 0.927 bits per heavy atom. The van der Waals surface area contributed by atoms with Gasteiger partial charge in [0.25, 0.3) is 0 Å². The Morgan fingerprint density at radius 1 is 0.488 bits per heavy atom. The summed E-state index contributed by atoms with van der Waals surface area (Å²) in [6.07, 6.45) is 8.05. The van der Waals surface area contributed by atoms with Crippen LogP contribution in [0, 0.1) is 19.3 Å². The number of hydrogen-bond donors (Lipinski definition) is 0. The monoisotopic (exact) mass is 528 g/mol. The van der Waals surface area contributed by atoms with E-state index in [0.717, 1.165) is 19.3 Å². The molecule has 0 aromatic heterocycles. The van der Waals surface area contributed by atoms with Gasteiger partial charge in [0.1, 0.15) is 0 Å². The zero-order valence-corrected chi connectivity index (χ0v) is 24.2. The van der Waals surface area contributed by atoms with Gasteiger partial charge in [0.15, 0.2) is 0 Å². The second kappa shape index (κ2) is 10.2. The second-order valence-electron chi connectivity index (χ2n) is 12.1. The van der Waals surface area contributed by atoms with E-state index in [1.54, 1.807) is 0 Å². The van der Waals surface area contributed by atoms with Crippen molar-refractivity contribution in [3.8, 4) is 22.3 Å². The summed E-state index contributed by atoms with van der Waals surface area (Å²) in [6, 6.07) is 42.4. The van der Waals surface area contributed by atoms with E-state index < -0.39 is 0 Å². The Labute approximate surface area is 244 Å². The molecule has 0 saturated heterocycles. The molecule has 0 heteroatoms. The van der Waals surface area contributed by atoms with Gasteiger partial charge < -0.3 is 0 Å². The molecule has 5 aromatic rings. The predicted molar refractivity (Wildman–Crippen MR) is 175 cm³/mol. The van der Waals surface area contributed by atoms with E-state index in [9.17, 15) is 0 Å². The van der Waals surface area contributed by atoms with E-state index in [1.165, 1.54) is 72.3 Å². The molecule has 0 fully saturated rings. The smallest absolute Gasteiger partial charge is 0.0146 e. The first-order valence-electron chi connectivity index (χ1n) is 14.8. The van der Waals surface area contributed by atoms with E-state index in [1.807, 2.05) is 0 Å². The van der Waals surface area contributed by atoms with Gasteiger partial charge >= 0.3 is 0 Å². The maximum absolute atomic E-state index is 2.53. The summed E-state index contributed by atoms with van der Waals surface area (Å²) in [5.41, 5.74) is 18.0. The van der Waals surface area contributed by atoms with Gasteiger partial charge in [-0.3, -0.25) is 0 Å². The molecule has 41 heavy (non-hydrogen) atoms. The first-order chi connectivity index (χ1) is 20.0. The molecule has 2 aliphatic carbocycles. The van der Waals surface area contributed by atoms with E-state index in [4.69, 9.17) is 0 Å². The van der Waals surface area contributed by atoms with Gasteiger partial charge in [0, 0.05) is 5.41 Å². The van der Waals surface area contributed by atoms with E-state index >= 15 is 0 Å². The third-order valence-corrected chi connectivity index (χ3v) is 9.48. The fourth-order valence-electron chi connectivity index (χ4n) is 7.10. The number of aryl methyl sites for hydroxylation is 2. The molecule has 0 heterocycles. The summed E-state index contributed by atoms with van der Waals surface area (Å²) in [6.45, 7) is 6.94. The van der Waals surface area contributed by atoms with Crippen LogP contribution in [-0.4, -0.2) is 0 Å². The minimum Gasteiger partial charge on any atom is -0.0622 e. The van der Waals surface area contributed by atoms with Gasteiger partial charge in [-0.15, -0.1) is 0 Å². The van der Waals surface area contributed by atoms with Crippen LogP contribution in [0.2, 0.25) is 0 Å². The van der Waals surface area contributed by atoms with Crippen molar-refractivity contribution < 1.29 is 0 Å². The fourth-order valence-corrected chi connectivity index (χ4v) is 7.10. The zero-order chi connectivity index (χ0) is 28.0. The van der Waals surface area contributed by atoms with Gasteiger partial charge in [-0.1, -0.05) is 145 Å². The molecule has 0 aliphatic heterocycles. The van der Waals surface area contributed by atoms with Crippen LogP contribution in [0.3, 0.4) is 0 Å². The van der Waals surface area contributed by atoms with Crippen LogP contribution in [-0.2, 0) is 19.3 Å². The molecule has 0 amide bonds. The van der Waals surface area contributed by atoms with Gasteiger partial charge in [-0.2, -0.15) is 0 Å². The lowest BCUT2D eigenvalue weighted by Crippen LogP contribution is -2.25. The van der Waals surface area contributed by atoms with Crippen LogP contribution in [0.1, 0.15) is 45.9 Å². The molecular weight excluding hydrogens is 492 g/mol. The largest absolute Gasteiger partial charge is 0.0622 e. The standard InChI is InChI=1S/C41H36/c1-28-13-7-9-19-35(28)37-21-11-17-31-23-33(25-39(31)37)41(3,27-30-15-5-4-6-16-30)34-24-32-18-12-22-38(40(32)26-34)36-20-10-8-14-29(36)2/h4-22,25-26H,23-24,27H2,1-3H3. The molecule has 0 atom stereocenters. The molecule has 7 rings (SSSR count). The first kappa shape index (κ1) is 25.5. The van der Waals surface area contributed by atoms with Crippen LogP contribution >= 0.6 is 0 Å². The number of rotatable bonds is 6. The summed E-state index contributed by atoms with van der Waals surface area (Å²) in [7, 11) is 0. The summed E-state index contributed by atoms with van der Waals surface area (Å²) < 4.78 is 0. The fraction of sp³-hybridized carbons (Fsp3) is 0.171. The van der Waals surface area contributed by atoms with Crippen molar-refractivity contribution in [2.75, 3.05) is 0 Å². The minimum absolute atomic E-state index is 0.0919. The van der Waals surface area contributed by atoms with Crippen molar-refractivity contribution in [1.82, 2.24) is 0 Å². The highest BCUT2D eigenvalue weighted by Crippen LogP contribution is 2.50. The number of allylic oxidation sites excluding steroid dienone is 2. The zero-order valence-electron chi connectivity index (χ0n) is 24.2. The summed E-state index contributed by atoms with van der Waals surface area (Å²) >= 11 is 0. The number of benzene rings is 5. The van der Waals surface area contributed by atoms with Crippen molar-refractivity contribution in [1.29, 1.82) is 0 Å². The van der Waals surface area contributed by atoms with Crippen molar-refractivity contribution in [3.63, 3.8) is 0 Å². The quantitative estimate of drug-likeness (QED) is 0.206. The predicted octanol–water partition coefficient (Wildman–Crippen LogP) is 10.5. The maximum Gasteiger partial charge on any atom is 0.0146 e. The Hall–Kier alpha value is -4.42. The summed E-state index contributed by atoms with van der Waals surface area (Å²) in [5.74, 6) is 0. The molecule has 2 aliphatic rings. The lowest BCUT2D eigenvalue weighted by Gasteiger charge is -2.34. The molecule has 0 N–H and O–H groups in total. The molecule has 0 unspecified atom stereocenters. The first-order valence-corrected chi connectivity index (χ1v) is 14.8. The van der Waals surface area contributed by atoms with Crippen molar-refractivity contribution in [2.45, 2.75) is 40.0 Å². The van der Waals surface area contributed by atoms with Crippen molar-refractivity contribution >= 4 is 12.2 Å². The lowest BCUT2D eigenvalue weighted by atomic mass is 9.70. The van der Waals surface area contributed by atoms with Gasteiger partial charge in [-0.25, -0.2) is 0 Å². The Balaban J connectivity index is 1.36. The average molecular weight is 529 g/mol. The SMILES string of the molecule is Cc1ccccc1-c1cccc2c1C=C(C(C)(Cc1ccccc1)C1=Cc3c(cccc3-c3ccccc3C)C1)C2. The Morgan fingerprint density at radius 3 is 1.41 bits per heavy atom. The van der Waals surface area contributed by atoms with Crippen LogP contribution < -0.4 is 0 Å². The van der Waals surface area contributed by atoms with E-state index in [0.29, 0.717) is 0 Å². The highest BCUT2D eigenvalue weighted by atomic mass is 14.4. The highest BCUT2D eigenvalue weighted by molar-refractivity contribution is 5.85. The highest BCUT2D eigenvalue weighted by Gasteiger charge is 2.38. The van der Waals surface area contributed by atoms with Crippen LogP contribution in [0.4, 0.5) is 0 Å². The van der Waals surface area contributed by atoms with Crippen LogP contribution in [0.15, 0.2) is 126 Å². The molecule has 0 radical (unpaired) electrons. The summed E-state index contributed by atoms with van der Waals surface area (Å²) in [5, 5.41) is 0. The third-order valence-electron chi connectivity index (χ3n) is 9.48. The number of fused-ring (bicyclic) bond motifs is 2. The maximum atomic E-state index is 2.53. The van der Waals surface area contributed by atoms with Gasteiger partial charge in [0.05, 0.1) is 0 Å².